The smallest absolute Gasteiger partial charge is 0.243 e. The Balaban J connectivity index is 1.45. The molecule has 2 aromatic rings. The molecule has 1 aliphatic heterocycles. The average molecular weight is 363 g/mol. The second kappa shape index (κ2) is 8.06. The number of tetrazole rings is 1. The lowest BCUT2D eigenvalue weighted by Crippen LogP contribution is -2.34. The van der Waals surface area contributed by atoms with Crippen LogP contribution >= 0.6 is 11.6 Å². The highest BCUT2D eigenvalue weighted by atomic mass is 35.5. The summed E-state index contributed by atoms with van der Waals surface area (Å²) in [5, 5.41) is 15.3. The monoisotopic (exact) mass is 362 g/mol. The van der Waals surface area contributed by atoms with Gasteiger partial charge in [-0.15, -0.1) is 10.2 Å². The van der Waals surface area contributed by atoms with Crippen LogP contribution in [-0.2, 0) is 16.1 Å². The van der Waals surface area contributed by atoms with Crippen molar-refractivity contribution >= 4 is 23.4 Å². The predicted molar refractivity (Wildman–Crippen MR) is 91.7 cm³/mol. The molecule has 0 saturated carbocycles. The standard InChI is InChI=1S/C16H19ClN6O2/c17-13-5-3-12(4-6-13)16-19-21-23(20-16)11-14(24)18-8-7-15(25)22-9-1-2-10-22/h3-6H,1-2,7-11H2,(H,18,24). The van der Waals surface area contributed by atoms with Crippen LogP contribution < -0.4 is 5.32 Å². The Kier molecular flexibility index (Phi) is 5.60. The number of nitrogens with one attached hydrogen (secondary N) is 1. The second-order valence-corrected chi connectivity index (χ2v) is 6.27. The summed E-state index contributed by atoms with van der Waals surface area (Å²) in [7, 11) is 0. The zero-order valence-corrected chi connectivity index (χ0v) is 14.4. The third-order valence-corrected chi connectivity index (χ3v) is 4.21. The lowest BCUT2D eigenvalue weighted by molar-refractivity contribution is -0.130. The largest absolute Gasteiger partial charge is 0.354 e. The molecule has 0 radical (unpaired) electrons. The lowest BCUT2D eigenvalue weighted by atomic mass is 10.2. The molecule has 132 valence electrons. The maximum Gasteiger partial charge on any atom is 0.243 e. The third kappa shape index (κ3) is 4.76. The number of amides is 2. The van der Waals surface area contributed by atoms with Gasteiger partial charge in [-0.2, -0.15) is 4.80 Å². The summed E-state index contributed by atoms with van der Waals surface area (Å²) in [5.41, 5.74) is 0.771. The maximum atomic E-state index is 11.9. The van der Waals surface area contributed by atoms with Gasteiger partial charge in [0.1, 0.15) is 6.54 Å². The molecule has 1 aromatic carbocycles. The summed E-state index contributed by atoms with van der Waals surface area (Å²) < 4.78 is 0. The molecule has 0 unspecified atom stereocenters. The fourth-order valence-electron chi connectivity index (χ4n) is 2.64. The molecular formula is C16H19ClN6O2. The zero-order chi connectivity index (χ0) is 17.6. The second-order valence-electron chi connectivity index (χ2n) is 5.84. The molecule has 3 rings (SSSR count). The van der Waals surface area contributed by atoms with Crippen molar-refractivity contribution in [3.05, 3.63) is 29.3 Å². The topological polar surface area (TPSA) is 93.0 Å². The molecule has 1 aliphatic rings. The van der Waals surface area contributed by atoms with Crippen molar-refractivity contribution < 1.29 is 9.59 Å². The van der Waals surface area contributed by atoms with Gasteiger partial charge in [0.25, 0.3) is 0 Å². The molecule has 1 saturated heterocycles. The molecule has 0 atom stereocenters. The van der Waals surface area contributed by atoms with E-state index in [-0.39, 0.29) is 18.4 Å². The van der Waals surface area contributed by atoms with E-state index in [0.29, 0.717) is 23.8 Å². The Labute approximate surface area is 150 Å². The van der Waals surface area contributed by atoms with E-state index in [9.17, 15) is 9.59 Å². The minimum absolute atomic E-state index is 0.0432. The number of carbonyl (C=O) groups is 2. The molecule has 0 spiro atoms. The van der Waals surface area contributed by atoms with Gasteiger partial charge in [-0.3, -0.25) is 9.59 Å². The fourth-order valence-corrected chi connectivity index (χ4v) is 2.77. The number of carbonyl (C=O) groups excluding carboxylic acids is 2. The van der Waals surface area contributed by atoms with E-state index >= 15 is 0 Å². The summed E-state index contributed by atoms with van der Waals surface area (Å²) in [6.07, 6.45) is 2.44. The maximum absolute atomic E-state index is 11.9. The van der Waals surface area contributed by atoms with Gasteiger partial charge in [0.05, 0.1) is 0 Å². The van der Waals surface area contributed by atoms with Crippen molar-refractivity contribution in [1.82, 2.24) is 30.4 Å². The Hall–Kier alpha value is -2.48. The Morgan fingerprint density at radius 1 is 1.16 bits per heavy atom. The van der Waals surface area contributed by atoms with E-state index in [1.165, 1.54) is 4.80 Å². The number of halogens is 1. The summed E-state index contributed by atoms with van der Waals surface area (Å²) in [6, 6.07) is 7.05. The molecule has 1 aromatic heterocycles. The first-order valence-corrected chi connectivity index (χ1v) is 8.58. The predicted octanol–water partition coefficient (Wildman–Crippen LogP) is 1.12. The molecule has 25 heavy (non-hydrogen) atoms. The van der Waals surface area contributed by atoms with E-state index in [0.717, 1.165) is 31.5 Å². The van der Waals surface area contributed by atoms with E-state index in [1.54, 1.807) is 24.3 Å². The van der Waals surface area contributed by atoms with Gasteiger partial charge in [0, 0.05) is 36.6 Å². The minimum atomic E-state index is -0.255. The number of likely N-dealkylation sites (tertiary alicyclic amines) is 1. The van der Waals surface area contributed by atoms with Gasteiger partial charge < -0.3 is 10.2 Å². The zero-order valence-electron chi connectivity index (χ0n) is 13.7. The number of hydrogen-bond acceptors (Lipinski definition) is 5. The van der Waals surface area contributed by atoms with Gasteiger partial charge in [-0.25, -0.2) is 0 Å². The number of aromatic nitrogens is 4. The SMILES string of the molecule is O=C(Cn1nnc(-c2ccc(Cl)cc2)n1)NCCC(=O)N1CCCC1. The summed E-state index contributed by atoms with van der Waals surface area (Å²) in [5.74, 6) is 0.254. The Morgan fingerprint density at radius 2 is 1.88 bits per heavy atom. The molecule has 1 N–H and O–H groups in total. The summed E-state index contributed by atoms with van der Waals surface area (Å²) in [4.78, 5) is 26.9. The van der Waals surface area contributed by atoms with Crippen molar-refractivity contribution in [2.45, 2.75) is 25.8 Å². The van der Waals surface area contributed by atoms with Crippen molar-refractivity contribution in [3.8, 4) is 11.4 Å². The molecule has 2 amide bonds. The highest BCUT2D eigenvalue weighted by Crippen LogP contribution is 2.16. The van der Waals surface area contributed by atoms with Crippen molar-refractivity contribution in [3.63, 3.8) is 0 Å². The van der Waals surface area contributed by atoms with Gasteiger partial charge in [0.2, 0.25) is 17.6 Å². The van der Waals surface area contributed by atoms with Crippen molar-refractivity contribution in [2.75, 3.05) is 19.6 Å². The highest BCUT2D eigenvalue weighted by Gasteiger charge is 2.17. The quantitative estimate of drug-likeness (QED) is 0.831. The molecule has 1 fully saturated rings. The molecule has 2 heterocycles. The van der Waals surface area contributed by atoms with Gasteiger partial charge >= 0.3 is 0 Å². The van der Waals surface area contributed by atoms with Crippen LogP contribution in [0.1, 0.15) is 19.3 Å². The van der Waals surface area contributed by atoms with Crippen LogP contribution in [0.2, 0.25) is 5.02 Å². The van der Waals surface area contributed by atoms with E-state index in [1.807, 2.05) is 4.90 Å². The van der Waals surface area contributed by atoms with Gasteiger partial charge in [0.15, 0.2) is 0 Å². The molecule has 9 heteroatoms. The van der Waals surface area contributed by atoms with Gasteiger partial charge in [-0.05, 0) is 42.3 Å². The first-order valence-electron chi connectivity index (χ1n) is 8.20. The Morgan fingerprint density at radius 3 is 2.60 bits per heavy atom. The first kappa shape index (κ1) is 17.3. The number of rotatable bonds is 6. The van der Waals surface area contributed by atoms with Crippen LogP contribution in [-0.4, -0.2) is 56.6 Å². The Bertz CT molecular complexity index is 739. The normalized spacial score (nSPS) is 13.9. The van der Waals surface area contributed by atoms with Gasteiger partial charge in [-0.1, -0.05) is 11.6 Å². The molecule has 0 aliphatic carbocycles. The highest BCUT2D eigenvalue weighted by molar-refractivity contribution is 6.30. The number of nitrogens with zero attached hydrogens (tertiary/aromatic N) is 5. The third-order valence-electron chi connectivity index (χ3n) is 3.96. The fraction of sp³-hybridized carbons (Fsp3) is 0.438. The van der Waals surface area contributed by atoms with Crippen LogP contribution in [0.4, 0.5) is 0 Å². The summed E-state index contributed by atoms with van der Waals surface area (Å²) in [6.45, 7) is 1.91. The van der Waals surface area contributed by atoms with Crippen molar-refractivity contribution in [1.29, 1.82) is 0 Å². The van der Waals surface area contributed by atoms with E-state index in [4.69, 9.17) is 11.6 Å². The molecular weight excluding hydrogens is 344 g/mol. The van der Waals surface area contributed by atoms with E-state index in [2.05, 4.69) is 20.7 Å². The molecule has 0 bridgehead atoms. The van der Waals surface area contributed by atoms with Crippen LogP contribution in [0.3, 0.4) is 0 Å². The van der Waals surface area contributed by atoms with Crippen LogP contribution in [0.25, 0.3) is 11.4 Å². The minimum Gasteiger partial charge on any atom is -0.354 e. The number of hydrogen-bond donors (Lipinski definition) is 1. The van der Waals surface area contributed by atoms with Crippen LogP contribution in [0, 0.1) is 0 Å². The summed E-state index contributed by atoms with van der Waals surface area (Å²) >= 11 is 5.84. The van der Waals surface area contributed by atoms with Crippen LogP contribution in [0.15, 0.2) is 24.3 Å². The average Bonchev–Trinajstić information content (AvgIpc) is 3.27. The van der Waals surface area contributed by atoms with Crippen molar-refractivity contribution in [2.24, 2.45) is 0 Å². The molecule has 8 nitrogen and oxygen atoms in total. The van der Waals surface area contributed by atoms with E-state index < -0.39 is 0 Å². The lowest BCUT2D eigenvalue weighted by Gasteiger charge is -2.15. The first-order chi connectivity index (χ1) is 12.1. The van der Waals surface area contributed by atoms with Crippen LogP contribution in [0.5, 0.6) is 0 Å². The number of benzene rings is 1.